The van der Waals surface area contributed by atoms with Gasteiger partial charge in [-0.25, -0.2) is 4.79 Å². The van der Waals surface area contributed by atoms with Crippen LogP contribution in [0.3, 0.4) is 0 Å². The molecule has 0 saturated heterocycles. The molecule has 270 valence electrons. The third-order valence-corrected chi connectivity index (χ3v) is 8.25. The van der Waals surface area contributed by atoms with E-state index in [1.54, 1.807) is 30.3 Å². The maximum Gasteiger partial charge on any atom is 0.340 e. The normalized spacial score (nSPS) is 13.6. The Hall–Kier alpha value is -5.27. The van der Waals surface area contributed by atoms with Crippen molar-refractivity contribution in [2.24, 2.45) is 0 Å². The van der Waals surface area contributed by atoms with Crippen LogP contribution in [0.5, 0.6) is 23.0 Å². The lowest BCUT2D eigenvalue weighted by molar-refractivity contribution is -0.148. The first-order valence-corrected chi connectivity index (χ1v) is 16.4. The number of carbonyl (C=O) groups is 5. The molecule has 0 bridgehead atoms. The SMILES string of the molecule is COCCOC(=O)CCC(=O)Oc1ccc2c(c1)Oc1cc(OC(=O)CCC(=O)OCCOC)ccc1C21OC(=O)c2ccc(C(C)(C)C)cc21. The van der Waals surface area contributed by atoms with E-state index in [9.17, 15) is 24.0 Å². The number of ether oxygens (including phenoxy) is 8. The van der Waals surface area contributed by atoms with Crippen molar-refractivity contribution in [2.75, 3.05) is 40.6 Å². The first-order chi connectivity index (χ1) is 24.3. The summed E-state index contributed by atoms with van der Waals surface area (Å²) in [6.07, 6.45) is -0.812. The number of carbonyl (C=O) groups excluding carboxylic acids is 5. The van der Waals surface area contributed by atoms with E-state index < -0.39 is 35.4 Å². The first-order valence-electron chi connectivity index (χ1n) is 16.4. The smallest absolute Gasteiger partial charge is 0.340 e. The third kappa shape index (κ3) is 8.38. The van der Waals surface area contributed by atoms with Gasteiger partial charge in [0.15, 0.2) is 5.60 Å². The largest absolute Gasteiger partial charge is 0.463 e. The van der Waals surface area contributed by atoms with Crippen molar-refractivity contribution in [1.82, 2.24) is 0 Å². The van der Waals surface area contributed by atoms with Crippen molar-refractivity contribution < 1.29 is 61.9 Å². The van der Waals surface area contributed by atoms with Gasteiger partial charge in [0.05, 0.1) is 44.5 Å². The molecule has 0 saturated carbocycles. The lowest BCUT2D eigenvalue weighted by Crippen LogP contribution is -2.33. The molecule has 0 aliphatic carbocycles. The zero-order valence-corrected chi connectivity index (χ0v) is 29.2. The van der Waals surface area contributed by atoms with Crippen molar-refractivity contribution in [3.8, 4) is 23.0 Å². The van der Waals surface area contributed by atoms with E-state index in [2.05, 4.69) is 20.8 Å². The van der Waals surface area contributed by atoms with E-state index in [0.717, 1.165) is 5.56 Å². The van der Waals surface area contributed by atoms with E-state index in [0.29, 0.717) is 22.3 Å². The highest BCUT2D eigenvalue weighted by Gasteiger charge is 2.54. The summed E-state index contributed by atoms with van der Waals surface area (Å²) in [6, 6.07) is 15.0. The zero-order valence-electron chi connectivity index (χ0n) is 29.2. The molecular formula is C38H40O13. The highest BCUT2D eigenvalue weighted by Crippen LogP contribution is 2.57. The van der Waals surface area contributed by atoms with Crippen molar-refractivity contribution in [1.29, 1.82) is 0 Å². The van der Waals surface area contributed by atoms with Gasteiger partial charge in [0.2, 0.25) is 0 Å². The van der Waals surface area contributed by atoms with Gasteiger partial charge in [0.25, 0.3) is 0 Å². The summed E-state index contributed by atoms with van der Waals surface area (Å²) in [5.74, 6) is -2.33. The van der Waals surface area contributed by atoms with Gasteiger partial charge in [-0.2, -0.15) is 0 Å². The average molecular weight is 705 g/mol. The highest BCUT2D eigenvalue weighted by molar-refractivity contribution is 5.97. The van der Waals surface area contributed by atoms with Crippen molar-refractivity contribution in [2.45, 2.75) is 57.5 Å². The van der Waals surface area contributed by atoms with Gasteiger partial charge in [0, 0.05) is 43.0 Å². The summed E-state index contributed by atoms with van der Waals surface area (Å²) >= 11 is 0. The molecule has 2 heterocycles. The van der Waals surface area contributed by atoms with Crippen molar-refractivity contribution in [3.63, 3.8) is 0 Å². The van der Waals surface area contributed by atoms with Crippen LogP contribution in [0.25, 0.3) is 0 Å². The van der Waals surface area contributed by atoms with Gasteiger partial charge in [-0.05, 0) is 47.4 Å². The fraction of sp³-hybridized carbons (Fsp3) is 0.395. The molecule has 3 aromatic rings. The second-order valence-corrected chi connectivity index (χ2v) is 12.9. The van der Waals surface area contributed by atoms with Gasteiger partial charge in [-0.15, -0.1) is 0 Å². The lowest BCUT2D eigenvalue weighted by atomic mass is 9.75. The summed E-state index contributed by atoms with van der Waals surface area (Å²) in [5.41, 5.74) is 1.17. The standard InChI is InChI=1S/C38H40O13/c1-37(2,3)23-6-9-26-29(20-23)38(51-36(26)43)27-10-7-24(48-34(41)14-12-32(39)46-18-16-44-4)21-30(27)50-31-22-25(8-11-28(31)38)49-35(42)15-13-33(40)47-19-17-45-5/h6-11,20-22H,12-19H2,1-5H3. The predicted molar refractivity (Wildman–Crippen MR) is 179 cm³/mol. The zero-order chi connectivity index (χ0) is 36.8. The minimum atomic E-state index is -1.46. The number of hydrogen-bond donors (Lipinski definition) is 0. The third-order valence-electron chi connectivity index (χ3n) is 8.25. The minimum absolute atomic E-state index is 0.0750. The summed E-state index contributed by atoms with van der Waals surface area (Å²) in [6.45, 7) is 6.81. The summed E-state index contributed by atoms with van der Waals surface area (Å²) < 4.78 is 43.4. The van der Waals surface area contributed by atoms with Crippen LogP contribution >= 0.6 is 0 Å². The van der Waals surface area contributed by atoms with Crippen LogP contribution in [0.2, 0.25) is 0 Å². The molecule has 0 aromatic heterocycles. The number of esters is 5. The second kappa shape index (κ2) is 15.7. The molecule has 13 nitrogen and oxygen atoms in total. The Balaban J connectivity index is 1.45. The number of rotatable bonds is 14. The van der Waals surface area contributed by atoms with E-state index in [1.165, 1.54) is 26.4 Å². The molecule has 5 rings (SSSR count). The molecule has 3 aromatic carbocycles. The molecule has 1 spiro atoms. The van der Waals surface area contributed by atoms with Gasteiger partial charge < -0.3 is 37.9 Å². The Morgan fingerprint density at radius 3 is 1.59 bits per heavy atom. The fourth-order valence-corrected chi connectivity index (χ4v) is 5.67. The second-order valence-electron chi connectivity index (χ2n) is 12.9. The van der Waals surface area contributed by atoms with Crippen LogP contribution in [0.15, 0.2) is 54.6 Å². The van der Waals surface area contributed by atoms with Gasteiger partial charge in [0.1, 0.15) is 36.2 Å². The van der Waals surface area contributed by atoms with Crippen molar-refractivity contribution in [3.05, 3.63) is 82.4 Å². The molecule has 51 heavy (non-hydrogen) atoms. The van der Waals surface area contributed by atoms with E-state index >= 15 is 0 Å². The van der Waals surface area contributed by atoms with E-state index in [4.69, 9.17) is 37.9 Å². The van der Waals surface area contributed by atoms with Crippen LogP contribution in [0.1, 0.15) is 79.1 Å². The molecule has 13 heteroatoms. The maximum absolute atomic E-state index is 13.5. The monoisotopic (exact) mass is 704 g/mol. The quantitative estimate of drug-likeness (QED) is 0.0922. The number of fused-ring (bicyclic) bond motifs is 6. The molecule has 0 atom stereocenters. The van der Waals surface area contributed by atoms with Gasteiger partial charge in [-0.3, -0.25) is 19.2 Å². The van der Waals surface area contributed by atoms with Crippen LogP contribution in [0, 0.1) is 0 Å². The highest BCUT2D eigenvalue weighted by atomic mass is 16.6. The fourth-order valence-electron chi connectivity index (χ4n) is 5.67. The summed E-state index contributed by atoms with van der Waals surface area (Å²) in [7, 11) is 2.96. The summed E-state index contributed by atoms with van der Waals surface area (Å²) in [4.78, 5) is 62.7. The van der Waals surface area contributed by atoms with Crippen LogP contribution in [-0.4, -0.2) is 70.5 Å². The minimum Gasteiger partial charge on any atom is -0.463 e. The molecule has 0 amide bonds. The molecule has 2 aliphatic heterocycles. The Kier molecular flexibility index (Phi) is 11.4. The molecule has 0 unspecified atom stereocenters. The molecule has 0 N–H and O–H groups in total. The Morgan fingerprint density at radius 1 is 0.627 bits per heavy atom. The molecule has 0 radical (unpaired) electrons. The average Bonchev–Trinajstić information content (AvgIpc) is 3.37. The summed E-state index contributed by atoms with van der Waals surface area (Å²) in [5, 5.41) is 0. The van der Waals surface area contributed by atoms with E-state index in [1.807, 2.05) is 12.1 Å². The predicted octanol–water partition coefficient (Wildman–Crippen LogP) is 5.30. The van der Waals surface area contributed by atoms with E-state index in [-0.39, 0.29) is 80.5 Å². The molecule has 0 fully saturated rings. The molecule has 2 aliphatic rings. The van der Waals surface area contributed by atoms with Gasteiger partial charge in [-0.1, -0.05) is 26.8 Å². The van der Waals surface area contributed by atoms with Crippen molar-refractivity contribution >= 4 is 29.8 Å². The number of benzene rings is 3. The number of methoxy groups -OCH3 is 2. The number of hydrogen-bond acceptors (Lipinski definition) is 13. The van der Waals surface area contributed by atoms with Crippen LogP contribution in [0.4, 0.5) is 0 Å². The first kappa shape index (κ1) is 37.0. The maximum atomic E-state index is 13.5. The topological polar surface area (TPSA) is 159 Å². The van der Waals surface area contributed by atoms with Gasteiger partial charge >= 0.3 is 29.8 Å². The van der Waals surface area contributed by atoms with Crippen LogP contribution in [-0.2, 0) is 53.9 Å². The molecular weight excluding hydrogens is 664 g/mol. The van der Waals surface area contributed by atoms with Crippen LogP contribution < -0.4 is 14.2 Å². The lowest BCUT2D eigenvalue weighted by Gasteiger charge is -2.37. The Labute approximate surface area is 295 Å². The Morgan fingerprint density at radius 2 is 1.12 bits per heavy atom. The Bertz CT molecular complexity index is 1730.